The van der Waals surface area contributed by atoms with Gasteiger partial charge < -0.3 is 14.8 Å². The van der Waals surface area contributed by atoms with Crippen LogP contribution in [0, 0.1) is 10.1 Å². The molecule has 10 heteroatoms. The number of halogens is 3. The normalized spacial score (nSPS) is 11.0. The van der Waals surface area contributed by atoms with Crippen molar-refractivity contribution in [3.8, 4) is 11.5 Å². The topological polar surface area (TPSA) is 90.7 Å². The summed E-state index contributed by atoms with van der Waals surface area (Å²) in [5.74, 6) is -1.06. The van der Waals surface area contributed by atoms with Gasteiger partial charge in [-0.15, -0.1) is 0 Å². The Bertz CT molecular complexity index is 852. The summed E-state index contributed by atoms with van der Waals surface area (Å²) in [6, 6.07) is 6.29. The maximum atomic E-state index is 13.0. The molecule has 2 aromatic carbocycles. The van der Waals surface area contributed by atoms with Gasteiger partial charge in [-0.2, -0.15) is 13.2 Å². The molecule has 0 aromatic heterocycles. The molecule has 0 radical (unpaired) electrons. The van der Waals surface area contributed by atoms with Crippen LogP contribution < -0.4 is 14.8 Å². The van der Waals surface area contributed by atoms with Crippen molar-refractivity contribution in [2.24, 2.45) is 0 Å². The molecule has 1 N–H and O–H groups in total. The highest BCUT2D eigenvalue weighted by atomic mass is 19.4. The monoisotopic (exact) mass is 370 g/mol. The number of nitrogens with zero attached hydrogens (tertiary/aromatic N) is 1. The Morgan fingerprint density at radius 2 is 1.69 bits per heavy atom. The Hall–Kier alpha value is -3.30. The smallest absolute Gasteiger partial charge is 0.418 e. The van der Waals surface area contributed by atoms with Crippen LogP contribution in [-0.2, 0) is 6.18 Å². The van der Waals surface area contributed by atoms with Crippen LogP contribution in [0.1, 0.15) is 15.9 Å². The lowest BCUT2D eigenvalue weighted by Crippen LogP contribution is -2.18. The van der Waals surface area contributed by atoms with Crippen molar-refractivity contribution >= 4 is 17.3 Å². The van der Waals surface area contributed by atoms with Crippen LogP contribution in [0.25, 0.3) is 0 Å². The van der Waals surface area contributed by atoms with Crippen LogP contribution in [0.5, 0.6) is 11.5 Å². The summed E-state index contributed by atoms with van der Waals surface area (Å²) in [5, 5.41) is 13.3. The van der Waals surface area contributed by atoms with Gasteiger partial charge in [0, 0.05) is 6.07 Å². The van der Waals surface area contributed by atoms with E-state index in [1.165, 1.54) is 20.3 Å². The summed E-state index contributed by atoms with van der Waals surface area (Å²) in [5.41, 5.74) is -2.69. The Morgan fingerprint density at radius 1 is 1.12 bits per heavy atom. The molecule has 2 rings (SSSR count). The number of nitro benzene ring substituents is 1. The van der Waals surface area contributed by atoms with E-state index in [-0.39, 0.29) is 11.5 Å². The second kappa shape index (κ2) is 7.30. The second-order valence-electron chi connectivity index (χ2n) is 4.98. The molecule has 26 heavy (non-hydrogen) atoms. The molecule has 0 fully saturated rings. The largest absolute Gasteiger partial charge is 0.493 e. The molecule has 0 atom stereocenters. The van der Waals surface area contributed by atoms with Gasteiger partial charge >= 0.3 is 6.18 Å². The van der Waals surface area contributed by atoms with Gasteiger partial charge in [0.05, 0.1) is 36.5 Å². The first-order chi connectivity index (χ1) is 12.2. The number of hydrogen-bond acceptors (Lipinski definition) is 5. The molecule has 0 aliphatic rings. The van der Waals surface area contributed by atoms with Gasteiger partial charge in [0.15, 0.2) is 11.5 Å². The average molecular weight is 370 g/mol. The first-order valence-corrected chi connectivity index (χ1v) is 7.07. The zero-order valence-corrected chi connectivity index (χ0v) is 13.6. The van der Waals surface area contributed by atoms with Crippen molar-refractivity contribution in [3.05, 3.63) is 57.6 Å². The van der Waals surface area contributed by atoms with Crippen molar-refractivity contribution < 1.29 is 32.4 Å². The van der Waals surface area contributed by atoms with E-state index in [0.29, 0.717) is 0 Å². The molecular formula is C16H13F3N2O5. The number of nitro groups is 1. The fraction of sp³-hybridized carbons (Fsp3) is 0.188. The van der Waals surface area contributed by atoms with Crippen LogP contribution in [0.2, 0.25) is 0 Å². The van der Waals surface area contributed by atoms with Gasteiger partial charge in [0.25, 0.3) is 11.6 Å². The summed E-state index contributed by atoms with van der Waals surface area (Å²) in [4.78, 5) is 22.8. The third-order valence-electron chi connectivity index (χ3n) is 3.42. The predicted molar refractivity (Wildman–Crippen MR) is 85.6 cm³/mol. The molecule has 7 nitrogen and oxygen atoms in total. The summed E-state index contributed by atoms with van der Waals surface area (Å²) < 4.78 is 49.0. The third kappa shape index (κ3) is 3.85. The lowest BCUT2D eigenvalue weighted by atomic mass is 10.1. The van der Waals surface area contributed by atoms with Gasteiger partial charge in [-0.3, -0.25) is 14.9 Å². The minimum absolute atomic E-state index is 0.00596. The Labute approximate surface area is 145 Å². The standard InChI is InChI=1S/C16H13F3N2O5/c1-25-13-7-9(12(21(23)24)8-14(13)26-2)15(22)20-11-6-4-3-5-10(11)16(17,18)19/h3-8H,1-2H3,(H,20,22). The number of hydrogen-bond donors (Lipinski definition) is 1. The lowest BCUT2D eigenvalue weighted by molar-refractivity contribution is -0.385. The Morgan fingerprint density at radius 3 is 2.23 bits per heavy atom. The third-order valence-corrected chi connectivity index (χ3v) is 3.42. The number of methoxy groups -OCH3 is 2. The zero-order chi connectivity index (χ0) is 19.5. The number of carbonyl (C=O) groups excluding carboxylic acids is 1. The number of ether oxygens (including phenoxy) is 2. The van der Waals surface area contributed by atoms with Gasteiger partial charge in [0.2, 0.25) is 0 Å². The van der Waals surface area contributed by atoms with E-state index in [9.17, 15) is 28.1 Å². The summed E-state index contributed by atoms with van der Waals surface area (Å²) >= 11 is 0. The highest BCUT2D eigenvalue weighted by Crippen LogP contribution is 2.37. The number of alkyl halides is 3. The SMILES string of the molecule is COc1cc(C(=O)Nc2ccccc2C(F)(F)F)c([N+](=O)[O-])cc1OC. The maximum Gasteiger partial charge on any atom is 0.418 e. The summed E-state index contributed by atoms with van der Waals surface area (Å²) in [7, 11) is 2.51. The minimum Gasteiger partial charge on any atom is -0.493 e. The van der Waals surface area contributed by atoms with Crippen LogP contribution in [0.4, 0.5) is 24.5 Å². The number of rotatable bonds is 5. The van der Waals surface area contributed by atoms with Crippen molar-refractivity contribution in [2.75, 3.05) is 19.5 Å². The van der Waals surface area contributed by atoms with E-state index in [2.05, 4.69) is 5.32 Å². The molecule has 0 bridgehead atoms. The number of nitrogens with one attached hydrogen (secondary N) is 1. The molecule has 0 spiro atoms. The molecule has 0 saturated carbocycles. The van der Waals surface area contributed by atoms with Crippen molar-refractivity contribution in [1.29, 1.82) is 0 Å². The number of carbonyl (C=O) groups is 1. The van der Waals surface area contributed by atoms with E-state index in [1.807, 2.05) is 0 Å². The van der Waals surface area contributed by atoms with E-state index < -0.39 is 39.5 Å². The van der Waals surface area contributed by atoms with Gasteiger partial charge in [-0.25, -0.2) is 0 Å². The Balaban J connectivity index is 2.50. The number of amides is 1. The van der Waals surface area contributed by atoms with Crippen molar-refractivity contribution in [3.63, 3.8) is 0 Å². The molecule has 0 saturated heterocycles. The summed E-state index contributed by atoms with van der Waals surface area (Å²) in [6.07, 6.45) is -4.70. The quantitative estimate of drug-likeness (QED) is 0.637. The fourth-order valence-electron chi connectivity index (χ4n) is 2.23. The number of anilines is 1. The first-order valence-electron chi connectivity index (χ1n) is 7.07. The minimum atomic E-state index is -4.70. The zero-order valence-electron chi connectivity index (χ0n) is 13.6. The van der Waals surface area contributed by atoms with Crippen LogP contribution in [0.15, 0.2) is 36.4 Å². The number of para-hydroxylation sites is 1. The van der Waals surface area contributed by atoms with E-state index >= 15 is 0 Å². The molecule has 0 heterocycles. The van der Waals surface area contributed by atoms with Crippen molar-refractivity contribution in [1.82, 2.24) is 0 Å². The predicted octanol–water partition coefficient (Wildman–Crippen LogP) is 3.88. The molecule has 2 aromatic rings. The summed E-state index contributed by atoms with van der Waals surface area (Å²) in [6.45, 7) is 0. The van der Waals surface area contributed by atoms with E-state index in [4.69, 9.17) is 9.47 Å². The van der Waals surface area contributed by atoms with Gasteiger partial charge in [0.1, 0.15) is 5.56 Å². The van der Waals surface area contributed by atoms with Crippen LogP contribution in [0.3, 0.4) is 0 Å². The van der Waals surface area contributed by atoms with Crippen LogP contribution in [-0.4, -0.2) is 25.1 Å². The van der Waals surface area contributed by atoms with E-state index in [0.717, 1.165) is 30.3 Å². The highest BCUT2D eigenvalue weighted by Gasteiger charge is 2.34. The molecule has 1 amide bonds. The molecular weight excluding hydrogens is 357 g/mol. The molecule has 0 aliphatic heterocycles. The molecule has 0 unspecified atom stereocenters. The fourth-order valence-corrected chi connectivity index (χ4v) is 2.23. The van der Waals surface area contributed by atoms with Gasteiger partial charge in [-0.05, 0) is 12.1 Å². The van der Waals surface area contributed by atoms with Gasteiger partial charge in [-0.1, -0.05) is 12.1 Å². The maximum absolute atomic E-state index is 13.0. The number of benzene rings is 2. The Kier molecular flexibility index (Phi) is 5.34. The molecule has 0 aliphatic carbocycles. The lowest BCUT2D eigenvalue weighted by Gasteiger charge is -2.14. The first kappa shape index (κ1) is 19.0. The van der Waals surface area contributed by atoms with Crippen molar-refractivity contribution in [2.45, 2.75) is 6.18 Å². The van der Waals surface area contributed by atoms with E-state index in [1.54, 1.807) is 0 Å². The second-order valence-corrected chi connectivity index (χ2v) is 4.98. The van der Waals surface area contributed by atoms with Crippen LogP contribution >= 0.6 is 0 Å². The average Bonchev–Trinajstić information content (AvgIpc) is 2.59. The highest BCUT2D eigenvalue weighted by molar-refractivity contribution is 6.08. The molecule has 138 valence electrons.